The number of fused-ring (bicyclic) bond motifs is 1. The van der Waals surface area contributed by atoms with Crippen LogP contribution in [-0.2, 0) is 4.79 Å². The molecule has 12 heavy (non-hydrogen) atoms. The molecular weight excluding hydrogens is 172 g/mol. The van der Waals surface area contributed by atoms with E-state index in [1.54, 1.807) is 0 Å². The molecule has 0 unspecified atom stereocenters. The van der Waals surface area contributed by atoms with Crippen molar-refractivity contribution in [3.63, 3.8) is 0 Å². The number of hydrogen-bond donors (Lipinski definition) is 0. The van der Waals surface area contributed by atoms with Gasteiger partial charge in [-0.2, -0.15) is 0 Å². The lowest BCUT2D eigenvalue weighted by molar-refractivity contribution is -0.122. The summed E-state index contributed by atoms with van der Waals surface area (Å²) in [4.78, 5) is 11.3. The molecule has 0 aromatic heterocycles. The molecule has 2 heteroatoms. The Kier molecular flexibility index (Phi) is 2.40. The number of ketones is 1. The second kappa shape index (κ2) is 3.37. The van der Waals surface area contributed by atoms with E-state index in [0.29, 0.717) is 11.7 Å². The highest BCUT2D eigenvalue weighted by Crippen LogP contribution is 2.40. The van der Waals surface area contributed by atoms with Crippen molar-refractivity contribution >= 4 is 17.4 Å². The van der Waals surface area contributed by atoms with Crippen LogP contribution in [0.4, 0.5) is 0 Å². The van der Waals surface area contributed by atoms with E-state index in [1.165, 1.54) is 25.7 Å². The van der Waals surface area contributed by atoms with Crippen LogP contribution >= 0.6 is 11.6 Å². The van der Waals surface area contributed by atoms with Crippen LogP contribution in [0.3, 0.4) is 0 Å². The minimum absolute atomic E-state index is 0.163. The summed E-state index contributed by atoms with van der Waals surface area (Å²) < 4.78 is 0. The summed E-state index contributed by atoms with van der Waals surface area (Å²) in [5, 5.41) is -0.163. The Morgan fingerprint density at radius 1 is 1.17 bits per heavy atom. The van der Waals surface area contributed by atoms with Gasteiger partial charge in [-0.05, 0) is 24.7 Å². The first kappa shape index (κ1) is 8.55. The fourth-order valence-electron chi connectivity index (χ4n) is 2.65. The third-order valence-electron chi connectivity index (χ3n) is 3.39. The molecule has 2 fully saturated rings. The Morgan fingerprint density at radius 3 is 2.58 bits per heavy atom. The van der Waals surface area contributed by atoms with Gasteiger partial charge in [-0.1, -0.05) is 19.3 Å². The number of rotatable bonds is 0. The van der Waals surface area contributed by atoms with Crippen LogP contribution in [0.1, 0.15) is 38.5 Å². The molecule has 0 radical (unpaired) electrons. The number of carbonyl (C=O) groups is 1. The molecule has 0 aliphatic heterocycles. The predicted molar refractivity (Wildman–Crippen MR) is 49.3 cm³/mol. The van der Waals surface area contributed by atoms with Gasteiger partial charge in [-0.15, -0.1) is 11.6 Å². The predicted octanol–water partition coefficient (Wildman–Crippen LogP) is 2.76. The molecule has 0 N–H and O–H groups in total. The smallest absolute Gasteiger partial charge is 0.150 e. The lowest BCUT2D eigenvalue weighted by Gasteiger charge is -2.36. The van der Waals surface area contributed by atoms with Gasteiger partial charge in [0.1, 0.15) is 0 Å². The van der Waals surface area contributed by atoms with Crippen molar-refractivity contribution in [2.24, 2.45) is 11.8 Å². The maximum absolute atomic E-state index is 11.3. The van der Waals surface area contributed by atoms with Crippen molar-refractivity contribution in [2.45, 2.75) is 43.9 Å². The highest BCUT2D eigenvalue weighted by Gasteiger charge is 2.35. The lowest BCUT2D eigenvalue weighted by Crippen LogP contribution is -2.34. The summed E-state index contributed by atoms with van der Waals surface area (Å²) in [5.74, 6) is 1.74. The van der Waals surface area contributed by atoms with E-state index in [2.05, 4.69) is 0 Å². The van der Waals surface area contributed by atoms with Crippen molar-refractivity contribution in [1.29, 1.82) is 0 Å². The van der Waals surface area contributed by atoms with E-state index < -0.39 is 0 Å². The summed E-state index contributed by atoms with van der Waals surface area (Å²) in [7, 11) is 0. The van der Waals surface area contributed by atoms with Crippen LogP contribution in [-0.4, -0.2) is 11.2 Å². The number of carbonyl (C=O) groups excluding carboxylic acids is 1. The molecule has 0 amide bonds. The van der Waals surface area contributed by atoms with Gasteiger partial charge in [-0.3, -0.25) is 4.79 Å². The molecule has 2 rings (SSSR count). The van der Waals surface area contributed by atoms with E-state index in [1.807, 2.05) is 0 Å². The molecule has 68 valence electrons. The van der Waals surface area contributed by atoms with Gasteiger partial charge < -0.3 is 0 Å². The third-order valence-corrected chi connectivity index (χ3v) is 3.81. The summed E-state index contributed by atoms with van der Waals surface area (Å²) in [6.45, 7) is 0. The summed E-state index contributed by atoms with van der Waals surface area (Å²) in [6, 6.07) is 0. The quantitative estimate of drug-likeness (QED) is 0.532. The maximum Gasteiger partial charge on any atom is 0.150 e. The molecule has 2 saturated carbocycles. The second-order valence-electron chi connectivity index (χ2n) is 4.18. The van der Waals surface area contributed by atoms with Gasteiger partial charge in [0.25, 0.3) is 0 Å². The third kappa shape index (κ3) is 1.52. The molecule has 0 aromatic carbocycles. The maximum atomic E-state index is 11.3. The second-order valence-corrected chi connectivity index (χ2v) is 4.71. The molecule has 0 spiro atoms. The van der Waals surface area contributed by atoms with Gasteiger partial charge >= 0.3 is 0 Å². The molecule has 0 bridgehead atoms. The molecule has 2 aliphatic rings. The highest BCUT2D eigenvalue weighted by atomic mass is 35.5. The first-order valence-corrected chi connectivity index (χ1v) is 5.38. The zero-order chi connectivity index (χ0) is 8.55. The Balaban J connectivity index is 2.02. The largest absolute Gasteiger partial charge is 0.298 e. The highest BCUT2D eigenvalue weighted by molar-refractivity contribution is 6.31. The lowest BCUT2D eigenvalue weighted by atomic mass is 9.70. The van der Waals surface area contributed by atoms with E-state index in [4.69, 9.17) is 11.6 Å². The SMILES string of the molecule is O=C1C[C@H]2CCCC[C@@H]2C[C@@H]1Cl. The average molecular weight is 187 g/mol. The van der Waals surface area contributed by atoms with Gasteiger partial charge in [0.05, 0.1) is 5.38 Å². The molecule has 3 atom stereocenters. The standard InChI is InChI=1S/C10H15ClO/c11-9-5-7-3-1-2-4-8(7)6-10(9)12/h7-9H,1-6H2/t7-,8-,9+/m1/s1. The molecule has 2 aliphatic carbocycles. The Hall–Kier alpha value is -0.0400. The van der Waals surface area contributed by atoms with Crippen molar-refractivity contribution < 1.29 is 4.79 Å². The van der Waals surface area contributed by atoms with Gasteiger partial charge in [0, 0.05) is 6.42 Å². The van der Waals surface area contributed by atoms with E-state index in [9.17, 15) is 4.79 Å². The van der Waals surface area contributed by atoms with Crippen LogP contribution in [0.5, 0.6) is 0 Å². The van der Waals surface area contributed by atoms with Crippen LogP contribution < -0.4 is 0 Å². The van der Waals surface area contributed by atoms with Crippen molar-refractivity contribution in [3.8, 4) is 0 Å². The number of hydrogen-bond acceptors (Lipinski definition) is 1. The van der Waals surface area contributed by atoms with E-state index in [0.717, 1.165) is 18.8 Å². The average Bonchev–Trinajstić information content (AvgIpc) is 2.07. The molecule has 1 nitrogen and oxygen atoms in total. The molecule has 0 saturated heterocycles. The minimum atomic E-state index is -0.163. The van der Waals surface area contributed by atoms with E-state index in [-0.39, 0.29) is 5.38 Å². The Bertz CT molecular complexity index is 190. The first-order chi connectivity index (χ1) is 5.77. The van der Waals surface area contributed by atoms with E-state index >= 15 is 0 Å². The van der Waals surface area contributed by atoms with Crippen LogP contribution in [0.25, 0.3) is 0 Å². The number of alkyl halides is 1. The monoisotopic (exact) mass is 186 g/mol. The fraction of sp³-hybridized carbons (Fsp3) is 0.900. The summed E-state index contributed by atoms with van der Waals surface area (Å²) in [5.41, 5.74) is 0. The fourth-order valence-corrected chi connectivity index (χ4v) is 2.96. The topological polar surface area (TPSA) is 17.1 Å². The van der Waals surface area contributed by atoms with Crippen LogP contribution in [0, 0.1) is 11.8 Å². The summed E-state index contributed by atoms with van der Waals surface area (Å²) >= 11 is 5.94. The normalized spacial score (nSPS) is 42.4. The Labute approximate surface area is 78.5 Å². The van der Waals surface area contributed by atoms with Crippen LogP contribution in [0.15, 0.2) is 0 Å². The van der Waals surface area contributed by atoms with Crippen molar-refractivity contribution in [2.75, 3.05) is 0 Å². The van der Waals surface area contributed by atoms with Crippen molar-refractivity contribution in [1.82, 2.24) is 0 Å². The molecule has 0 aromatic rings. The molecular formula is C10H15ClO. The number of Topliss-reactive ketones (excluding diaryl/α,β-unsaturated/α-hetero) is 1. The van der Waals surface area contributed by atoms with Crippen LogP contribution in [0.2, 0.25) is 0 Å². The van der Waals surface area contributed by atoms with Gasteiger partial charge in [0.15, 0.2) is 5.78 Å². The van der Waals surface area contributed by atoms with Gasteiger partial charge in [0.2, 0.25) is 0 Å². The molecule has 0 heterocycles. The minimum Gasteiger partial charge on any atom is -0.298 e. The van der Waals surface area contributed by atoms with Gasteiger partial charge in [-0.25, -0.2) is 0 Å². The Morgan fingerprint density at radius 2 is 1.83 bits per heavy atom. The van der Waals surface area contributed by atoms with Crippen molar-refractivity contribution in [3.05, 3.63) is 0 Å². The zero-order valence-electron chi connectivity index (χ0n) is 7.26. The summed E-state index contributed by atoms with van der Waals surface area (Å²) in [6.07, 6.45) is 6.95. The number of halogens is 1. The first-order valence-electron chi connectivity index (χ1n) is 4.94. The zero-order valence-corrected chi connectivity index (χ0v) is 8.02.